The Hall–Kier alpha value is -3.03. The highest BCUT2D eigenvalue weighted by Gasteiger charge is 2.39. The van der Waals surface area contributed by atoms with Crippen LogP contribution in [0, 0.1) is 5.92 Å². The van der Waals surface area contributed by atoms with Gasteiger partial charge in [0, 0.05) is 29.3 Å². The predicted octanol–water partition coefficient (Wildman–Crippen LogP) is 5.71. The summed E-state index contributed by atoms with van der Waals surface area (Å²) in [6, 6.07) is 24.9. The van der Waals surface area contributed by atoms with E-state index in [1.54, 1.807) is 12.1 Å². The van der Waals surface area contributed by atoms with E-state index in [1.807, 2.05) is 66.7 Å². The molecule has 0 spiro atoms. The van der Waals surface area contributed by atoms with Gasteiger partial charge in [0.25, 0.3) is 5.91 Å². The molecule has 3 aromatic carbocycles. The van der Waals surface area contributed by atoms with Crippen molar-refractivity contribution in [1.29, 1.82) is 0 Å². The number of carbonyl (C=O) groups excluding carboxylic acids is 1. The van der Waals surface area contributed by atoms with E-state index >= 15 is 0 Å². The molecule has 194 valence electrons. The highest BCUT2D eigenvalue weighted by Crippen LogP contribution is 2.42. The van der Waals surface area contributed by atoms with Crippen LogP contribution < -0.4 is 5.32 Å². The van der Waals surface area contributed by atoms with Crippen molar-refractivity contribution in [3.63, 3.8) is 0 Å². The second-order valence-corrected chi connectivity index (χ2v) is 10.1. The van der Waals surface area contributed by atoms with Crippen LogP contribution in [0.15, 0.2) is 78.9 Å². The molecule has 3 aromatic rings. The second-order valence-electron chi connectivity index (χ2n) is 10.1. The van der Waals surface area contributed by atoms with Gasteiger partial charge in [-0.15, -0.1) is 0 Å². The topological polar surface area (TPSA) is 71.0 Å². The summed E-state index contributed by atoms with van der Waals surface area (Å²) in [6.07, 6.45) is 3.06. The Labute approximate surface area is 219 Å². The van der Waals surface area contributed by atoms with Gasteiger partial charge in [-0.25, -0.2) is 0 Å². The molecule has 2 fully saturated rings. The molecule has 6 nitrogen and oxygen atoms in total. The van der Waals surface area contributed by atoms with Gasteiger partial charge in [-0.2, -0.15) is 0 Å². The van der Waals surface area contributed by atoms with Gasteiger partial charge in [-0.1, -0.05) is 67.9 Å². The van der Waals surface area contributed by atoms with Gasteiger partial charge in [-0.05, 0) is 61.3 Å². The monoisotopic (exact) mass is 500 g/mol. The van der Waals surface area contributed by atoms with Gasteiger partial charge in [0.2, 0.25) is 0 Å². The number of benzene rings is 3. The van der Waals surface area contributed by atoms with Crippen LogP contribution in [-0.2, 0) is 16.1 Å². The molecule has 2 aliphatic rings. The lowest BCUT2D eigenvalue weighted by Crippen LogP contribution is -2.45. The third-order valence-electron chi connectivity index (χ3n) is 7.46. The van der Waals surface area contributed by atoms with Crippen LogP contribution in [0.2, 0.25) is 0 Å². The Morgan fingerprint density at radius 3 is 2.41 bits per heavy atom. The predicted molar refractivity (Wildman–Crippen MR) is 144 cm³/mol. The van der Waals surface area contributed by atoms with Crippen molar-refractivity contribution in [3.8, 4) is 0 Å². The van der Waals surface area contributed by atoms with E-state index in [0.29, 0.717) is 11.3 Å². The summed E-state index contributed by atoms with van der Waals surface area (Å²) in [4.78, 5) is 15.2. The number of aliphatic hydroxyl groups is 1. The minimum atomic E-state index is -0.554. The first-order chi connectivity index (χ1) is 18.1. The van der Waals surface area contributed by atoms with Crippen LogP contribution in [0.5, 0.6) is 0 Å². The Bertz CT molecular complexity index is 1160. The summed E-state index contributed by atoms with van der Waals surface area (Å²) in [5, 5.41) is 12.5. The van der Waals surface area contributed by atoms with Gasteiger partial charge < -0.3 is 24.8 Å². The van der Waals surface area contributed by atoms with Crippen molar-refractivity contribution < 1.29 is 19.4 Å². The number of nitrogens with one attached hydrogen (secondary N) is 1. The lowest BCUT2D eigenvalue weighted by Gasteiger charge is -2.43. The van der Waals surface area contributed by atoms with E-state index < -0.39 is 6.29 Å². The summed E-state index contributed by atoms with van der Waals surface area (Å²) in [7, 11) is 0. The van der Waals surface area contributed by atoms with Crippen molar-refractivity contribution in [2.24, 2.45) is 5.92 Å². The molecule has 0 aromatic heterocycles. The van der Waals surface area contributed by atoms with Gasteiger partial charge in [0.05, 0.1) is 18.8 Å². The Balaban J connectivity index is 1.38. The molecule has 1 amide bonds. The zero-order valence-corrected chi connectivity index (χ0v) is 21.4. The molecule has 2 saturated heterocycles. The van der Waals surface area contributed by atoms with Gasteiger partial charge >= 0.3 is 0 Å². The van der Waals surface area contributed by atoms with E-state index in [1.165, 1.54) is 19.3 Å². The Morgan fingerprint density at radius 1 is 0.919 bits per heavy atom. The molecule has 0 saturated carbocycles. The van der Waals surface area contributed by atoms with Crippen molar-refractivity contribution in [2.45, 2.75) is 51.3 Å². The summed E-state index contributed by atoms with van der Waals surface area (Å²) < 4.78 is 13.2. The maximum Gasteiger partial charge on any atom is 0.255 e. The summed E-state index contributed by atoms with van der Waals surface area (Å²) in [6.45, 7) is 5.30. The third kappa shape index (κ3) is 6.28. The van der Waals surface area contributed by atoms with Crippen LogP contribution in [0.1, 0.15) is 65.6 Å². The van der Waals surface area contributed by atoms with E-state index in [4.69, 9.17) is 9.47 Å². The molecule has 0 radical (unpaired) electrons. The first kappa shape index (κ1) is 25.6. The van der Waals surface area contributed by atoms with Crippen LogP contribution in [0.3, 0.4) is 0 Å². The number of amides is 1. The number of hydrogen-bond acceptors (Lipinski definition) is 5. The summed E-state index contributed by atoms with van der Waals surface area (Å²) in [5.74, 6) is 0.000738. The molecular weight excluding hydrogens is 464 g/mol. The number of carbonyl (C=O) groups is 1. The lowest BCUT2D eigenvalue weighted by molar-refractivity contribution is -0.276. The normalized spacial score (nSPS) is 24.5. The van der Waals surface area contributed by atoms with E-state index in [2.05, 4.69) is 17.1 Å². The smallest absolute Gasteiger partial charge is 0.255 e. The molecule has 4 atom stereocenters. The highest BCUT2D eigenvalue weighted by atomic mass is 16.7. The molecule has 5 rings (SSSR count). The van der Waals surface area contributed by atoms with Crippen LogP contribution in [0.25, 0.3) is 0 Å². The molecule has 0 aliphatic carbocycles. The van der Waals surface area contributed by atoms with Crippen molar-refractivity contribution in [3.05, 3.63) is 101 Å². The fourth-order valence-electron chi connectivity index (χ4n) is 5.28. The number of piperidine rings is 1. The van der Waals surface area contributed by atoms with E-state index in [0.717, 1.165) is 36.3 Å². The third-order valence-corrected chi connectivity index (χ3v) is 7.46. The first-order valence-corrected chi connectivity index (χ1v) is 13.3. The summed E-state index contributed by atoms with van der Waals surface area (Å²) >= 11 is 0. The number of anilines is 1. The molecule has 6 heteroatoms. The van der Waals surface area contributed by atoms with Crippen molar-refractivity contribution in [1.82, 2.24) is 4.90 Å². The first-order valence-electron chi connectivity index (χ1n) is 13.3. The fraction of sp³-hybridized carbons (Fsp3) is 0.387. The fourth-order valence-corrected chi connectivity index (χ4v) is 5.28. The Morgan fingerprint density at radius 2 is 1.68 bits per heavy atom. The molecule has 2 N–H and O–H groups in total. The number of aliphatic hydroxyl groups excluding tert-OH is 1. The molecule has 2 aliphatic heterocycles. The zero-order chi connectivity index (χ0) is 25.6. The van der Waals surface area contributed by atoms with Crippen molar-refractivity contribution >= 4 is 11.6 Å². The minimum Gasteiger partial charge on any atom is -0.392 e. The van der Waals surface area contributed by atoms with Gasteiger partial charge in [0.15, 0.2) is 6.29 Å². The number of likely N-dealkylation sites (tertiary alicyclic amines) is 1. The summed E-state index contributed by atoms with van der Waals surface area (Å²) in [5.41, 5.74) is 4.15. The van der Waals surface area contributed by atoms with Crippen LogP contribution >= 0.6 is 0 Å². The number of rotatable bonds is 7. The largest absolute Gasteiger partial charge is 0.392 e. The highest BCUT2D eigenvalue weighted by molar-refractivity contribution is 6.04. The molecule has 37 heavy (non-hydrogen) atoms. The number of nitrogens with zero attached hydrogens (tertiary/aromatic N) is 1. The van der Waals surface area contributed by atoms with Gasteiger partial charge in [-0.3, -0.25) is 4.79 Å². The van der Waals surface area contributed by atoms with Gasteiger partial charge in [0.1, 0.15) is 0 Å². The second kappa shape index (κ2) is 12.0. The number of ether oxygens (including phenoxy) is 2. The standard InChI is InChI=1S/C31H36N2O4/c1-22-28(20-33-17-6-3-7-18-33)36-31(37-29(22)24-15-13-23(21-34)14-16-24)26-11-8-12-27(19-26)32-30(35)25-9-4-2-5-10-25/h2,4-5,8-16,19,22,28-29,31,34H,3,6-7,17-18,20-21H2,1H3,(H,32,35)/t22-,28+,29+,31+/m0/s1. The molecular formula is C31H36N2O4. The maximum absolute atomic E-state index is 12.7. The molecule has 0 bridgehead atoms. The minimum absolute atomic E-state index is 0.00179. The van der Waals surface area contributed by atoms with E-state index in [-0.39, 0.29) is 30.6 Å². The SMILES string of the molecule is C[C@H]1[C@@H](CN2CCCCC2)O[C@@H](c2cccc(NC(=O)c3ccccc3)c2)O[C@H]1c1ccc(CO)cc1. The van der Waals surface area contributed by atoms with Crippen LogP contribution in [0.4, 0.5) is 5.69 Å². The van der Waals surface area contributed by atoms with Crippen LogP contribution in [-0.4, -0.2) is 41.7 Å². The van der Waals surface area contributed by atoms with E-state index in [9.17, 15) is 9.90 Å². The maximum atomic E-state index is 12.7. The quantitative estimate of drug-likeness (QED) is 0.435. The lowest BCUT2D eigenvalue weighted by atomic mass is 9.89. The average molecular weight is 501 g/mol. The molecule has 0 unspecified atom stereocenters. The van der Waals surface area contributed by atoms with Crippen molar-refractivity contribution in [2.75, 3.05) is 25.0 Å². The Kier molecular flexibility index (Phi) is 8.31. The number of hydrogen-bond donors (Lipinski definition) is 2. The average Bonchev–Trinajstić information content (AvgIpc) is 2.95. The molecule has 2 heterocycles. The zero-order valence-electron chi connectivity index (χ0n) is 21.4.